The number of unbranched alkanes of at least 4 members (excludes halogenated alkanes) is 2. The van der Waals surface area contributed by atoms with Crippen LogP contribution in [0.15, 0.2) is 93.9 Å². The molecule has 0 bridgehead atoms. The van der Waals surface area contributed by atoms with Crippen LogP contribution < -0.4 is 24.4 Å². The molecule has 0 spiro atoms. The Balaban J connectivity index is 1.55. The van der Waals surface area contributed by atoms with Crippen molar-refractivity contribution in [3.63, 3.8) is 0 Å². The number of carbonyl (C=O) groups is 1. The number of phenols is 1. The highest BCUT2D eigenvalue weighted by atomic mass is 32.1. The van der Waals surface area contributed by atoms with Crippen LogP contribution in [0.1, 0.15) is 62.8 Å². The number of carbonyl (C=O) groups excluding carboxylic acids is 1. The van der Waals surface area contributed by atoms with E-state index in [1.807, 2.05) is 61.5 Å². The van der Waals surface area contributed by atoms with E-state index < -0.39 is 12.0 Å². The first-order chi connectivity index (χ1) is 21.4. The molecule has 0 radical (unpaired) electrons. The van der Waals surface area contributed by atoms with E-state index in [1.54, 1.807) is 29.7 Å². The van der Waals surface area contributed by atoms with E-state index in [2.05, 4.69) is 11.9 Å². The van der Waals surface area contributed by atoms with Gasteiger partial charge < -0.3 is 19.3 Å². The number of aromatic nitrogens is 1. The Hall–Kier alpha value is -4.63. The lowest BCUT2D eigenvalue weighted by Crippen LogP contribution is -2.39. The van der Waals surface area contributed by atoms with Gasteiger partial charge in [-0.15, -0.1) is 0 Å². The molecule has 1 atom stereocenters. The zero-order valence-corrected chi connectivity index (χ0v) is 25.9. The maximum absolute atomic E-state index is 14.0. The maximum atomic E-state index is 14.0. The average molecular weight is 613 g/mol. The van der Waals surface area contributed by atoms with Crippen LogP contribution >= 0.6 is 11.3 Å². The summed E-state index contributed by atoms with van der Waals surface area (Å²) in [6, 6.07) is 21.1. The second-order valence-electron chi connectivity index (χ2n) is 10.4. The molecule has 0 amide bonds. The summed E-state index contributed by atoms with van der Waals surface area (Å²) in [5.74, 6) is 0.554. The largest absolute Gasteiger partial charge is 0.504 e. The van der Waals surface area contributed by atoms with Crippen LogP contribution in [-0.4, -0.2) is 28.9 Å². The van der Waals surface area contributed by atoms with Crippen molar-refractivity contribution in [1.82, 2.24) is 4.57 Å². The van der Waals surface area contributed by atoms with Gasteiger partial charge in [0.15, 0.2) is 16.3 Å². The number of esters is 1. The number of hydrogen-bond acceptors (Lipinski definition) is 8. The summed E-state index contributed by atoms with van der Waals surface area (Å²) < 4.78 is 19.2. The summed E-state index contributed by atoms with van der Waals surface area (Å²) >= 11 is 1.24. The molecule has 8 nitrogen and oxygen atoms in total. The van der Waals surface area contributed by atoms with E-state index in [1.165, 1.54) is 17.4 Å². The minimum absolute atomic E-state index is 0.0255. The van der Waals surface area contributed by atoms with Crippen LogP contribution in [0.3, 0.4) is 0 Å². The number of nitrogens with zero attached hydrogens (tertiary/aromatic N) is 2. The fourth-order valence-corrected chi connectivity index (χ4v) is 6.08. The van der Waals surface area contributed by atoms with Gasteiger partial charge in [0.05, 0.1) is 35.1 Å². The van der Waals surface area contributed by atoms with Gasteiger partial charge in [-0.1, -0.05) is 79.6 Å². The lowest BCUT2D eigenvalue weighted by atomic mass is 9.96. The topological polar surface area (TPSA) is 99.4 Å². The Morgan fingerprint density at radius 3 is 2.52 bits per heavy atom. The van der Waals surface area contributed by atoms with Gasteiger partial charge in [0.25, 0.3) is 5.56 Å². The van der Waals surface area contributed by atoms with Gasteiger partial charge in [-0.2, -0.15) is 0 Å². The number of allylic oxidation sites excluding steroid dienone is 1. The minimum Gasteiger partial charge on any atom is -0.504 e. The van der Waals surface area contributed by atoms with Gasteiger partial charge in [-0.3, -0.25) is 9.36 Å². The molecule has 4 aromatic rings. The SMILES string of the molecule is CCCCCOc1ccc(C2C(C(=O)OCc3ccccc3)=C(C)N=c3s/c(=C\c4ccc(O)c(OCC)c4)c(=O)n32)cc1. The summed E-state index contributed by atoms with van der Waals surface area (Å²) in [6.45, 7) is 6.87. The average Bonchev–Trinajstić information content (AvgIpc) is 3.33. The Labute approximate surface area is 260 Å². The number of ether oxygens (including phenoxy) is 3. The quantitative estimate of drug-likeness (QED) is 0.164. The maximum Gasteiger partial charge on any atom is 0.338 e. The van der Waals surface area contributed by atoms with E-state index in [4.69, 9.17) is 14.2 Å². The van der Waals surface area contributed by atoms with Gasteiger partial charge >= 0.3 is 5.97 Å². The Bertz CT molecular complexity index is 1820. The number of benzene rings is 3. The van der Waals surface area contributed by atoms with Crippen LogP contribution in [0.2, 0.25) is 0 Å². The van der Waals surface area contributed by atoms with Crippen molar-refractivity contribution < 1.29 is 24.1 Å². The fourth-order valence-electron chi connectivity index (χ4n) is 5.03. The molecule has 1 N–H and O–H groups in total. The zero-order chi connectivity index (χ0) is 31.1. The number of aromatic hydroxyl groups is 1. The lowest BCUT2D eigenvalue weighted by molar-refractivity contribution is -0.140. The molecule has 1 unspecified atom stereocenters. The Kier molecular flexibility index (Phi) is 9.96. The normalized spacial score (nSPS) is 14.6. The number of phenolic OH excluding ortho intramolecular Hbond substituents is 1. The van der Waals surface area contributed by atoms with Gasteiger partial charge in [0, 0.05) is 0 Å². The van der Waals surface area contributed by atoms with Crippen LogP contribution in [0, 0.1) is 0 Å². The molecule has 0 aliphatic carbocycles. The van der Waals surface area contributed by atoms with E-state index in [0.717, 1.165) is 36.1 Å². The fraction of sp³-hybridized carbons (Fsp3) is 0.286. The summed E-state index contributed by atoms with van der Waals surface area (Å²) in [5, 5.41) is 10.1. The molecular weight excluding hydrogens is 576 g/mol. The van der Waals surface area contributed by atoms with Gasteiger partial charge in [-0.05, 0) is 67.3 Å². The standard InChI is InChI=1S/C35H36N2O6S/c1-4-6-10-19-42-27-16-14-26(15-17-27)32-31(34(40)43-22-24-11-8-7-9-12-24)23(3)36-35-37(32)33(39)30(44-35)21-25-13-18-28(38)29(20-25)41-5-2/h7-9,11-18,20-21,32,38H,4-6,10,19,22H2,1-3H3/b30-21-. The molecule has 44 heavy (non-hydrogen) atoms. The predicted molar refractivity (Wildman–Crippen MR) is 171 cm³/mol. The third kappa shape index (κ3) is 6.94. The monoisotopic (exact) mass is 612 g/mol. The molecule has 3 aromatic carbocycles. The summed E-state index contributed by atoms with van der Waals surface area (Å²) in [7, 11) is 0. The number of fused-ring (bicyclic) bond motifs is 1. The number of hydrogen-bond donors (Lipinski definition) is 1. The van der Waals surface area contributed by atoms with Crippen molar-refractivity contribution in [1.29, 1.82) is 0 Å². The minimum atomic E-state index is -0.746. The second-order valence-corrected chi connectivity index (χ2v) is 11.4. The van der Waals surface area contributed by atoms with Crippen molar-refractivity contribution in [3.05, 3.63) is 120 Å². The van der Waals surface area contributed by atoms with Crippen molar-refractivity contribution in [3.8, 4) is 17.2 Å². The van der Waals surface area contributed by atoms with Crippen LogP contribution in [0.25, 0.3) is 6.08 Å². The number of rotatable bonds is 12. The van der Waals surface area contributed by atoms with Crippen molar-refractivity contribution >= 4 is 23.4 Å². The number of thiazole rings is 1. The highest BCUT2D eigenvalue weighted by Gasteiger charge is 2.33. The highest BCUT2D eigenvalue weighted by Crippen LogP contribution is 2.32. The first-order valence-electron chi connectivity index (χ1n) is 14.8. The Morgan fingerprint density at radius 2 is 1.80 bits per heavy atom. The van der Waals surface area contributed by atoms with Crippen LogP contribution in [-0.2, 0) is 16.1 Å². The molecule has 1 aromatic heterocycles. The summed E-state index contributed by atoms with van der Waals surface area (Å²) in [4.78, 5) is 32.8. The molecule has 1 aliphatic rings. The predicted octanol–water partition coefficient (Wildman–Crippen LogP) is 5.65. The molecule has 9 heteroatoms. The summed E-state index contributed by atoms with van der Waals surface area (Å²) in [6.07, 6.45) is 4.93. The van der Waals surface area contributed by atoms with Gasteiger partial charge in [-0.25, -0.2) is 9.79 Å². The van der Waals surface area contributed by atoms with Crippen LogP contribution in [0.4, 0.5) is 0 Å². The van der Waals surface area contributed by atoms with Gasteiger partial charge in [0.2, 0.25) is 0 Å². The third-order valence-corrected chi connectivity index (χ3v) is 8.23. The molecular formula is C35H36N2O6S. The molecule has 1 aliphatic heterocycles. The molecule has 0 fully saturated rings. The van der Waals surface area contributed by atoms with Crippen molar-refractivity contribution in [2.24, 2.45) is 4.99 Å². The van der Waals surface area contributed by atoms with Gasteiger partial charge in [0.1, 0.15) is 12.4 Å². The van der Waals surface area contributed by atoms with Crippen LogP contribution in [0.5, 0.6) is 17.2 Å². The molecule has 228 valence electrons. The first-order valence-corrected chi connectivity index (χ1v) is 15.6. The smallest absolute Gasteiger partial charge is 0.338 e. The van der Waals surface area contributed by atoms with E-state index >= 15 is 0 Å². The van der Waals surface area contributed by atoms with Crippen molar-refractivity contribution in [2.45, 2.75) is 52.7 Å². The summed E-state index contributed by atoms with van der Waals surface area (Å²) in [5.41, 5.74) is 2.80. The molecule has 0 saturated heterocycles. The second kappa shape index (κ2) is 14.2. The van der Waals surface area contributed by atoms with E-state index in [-0.39, 0.29) is 17.9 Å². The molecule has 2 heterocycles. The molecule has 5 rings (SSSR count). The zero-order valence-electron chi connectivity index (χ0n) is 25.1. The first kappa shape index (κ1) is 30.8. The third-order valence-electron chi connectivity index (χ3n) is 7.25. The van der Waals surface area contributed by atoms with Crippen molar-refractivity contribution in [2.75, 3.05) is 13.2 Å². The van der Waals surface area contributed by atoms with E-state index in [9.17, 15) is 14.7 Å². The lowest BCUT2D eigenvalue weighted by Gasteiger charge is -2.25. The molecule has 0 saturated carbocycles. The van der Waals surface area contributed by atoms with E-state index in [0.29, 0.717) is 45.1 Å². The Morgan fingerprint density at radius 1 is 1.02 bits per heavy atom. The highest BCUT2D eigenvalue weighted by molar-refractivity contribution is 7.07.